The number of hydrogen-bond donors (Lipinski definition) is 6. The van der Waals surface area contributed by atoms with Crippen LogP contribution in [0, 0.1) is 0 Å². The molecule has 276 valence electrons. The van der Waals surface area contributed by atoms with Crippen LogP contribution in [-0.4, -0.2) is 177 Å². The molecule has 4 heterocycles. The number of halogens is 1. The van der Waals surface area contributed by atoms with Crippen molar-refractivity contribution < 1.29 is 80.6 Å². The molecule has 0 radical (unpaired) electrons. The summed E-state index contributed by atoms with van der Waals surface area (Å²) in [6.45, 7) is 3.20. The summed E-state index contributed by atoms with van der Waals surface area (Å²) in [4.78, 5) is 24.8. The summed E-state index contributed by atoms with van der Waals surface area (Å²) >= 11 is 2.89. The predicted molar refractivity (Wildman–Crippen MR) is 177 cm³/mol. The van der Waals surface area contributed by atoms with Gasteiger partial charge in [0.2, 0.25) is 0 Å². The van der Waals surface area contributed by atoms with Crippen LogP contribution in [0.25, 0.3) is 0 Å². The van der Waals surface area contributed by atoms with Crippen LogP contribution in [0.3, 0.4) is 0 Å². The van der Waals surface area contributed by atoms with Crippen molar-refractivity contribution >= 4 is 86.5 Å². The van der Waals surface area contributed by atoms with Gasteiger partial charge in [0, 0.05) is 24.9 Å². The number of aliphatic hydroxyl groups is 6. The SMILES string of the molecule is C.CCOC(=O)C1=CN([C@@H]2O[C@H](CO)[C@H](O)C2O)C=CC1.CCOC(=O)c1ccc[n+]([C@@H]2O[C@H](CO)[C@H](O)C2O)c1.Cl.O=S(=O)=S(=O)=O.[Na][Na]. The van der Waals surface area contributed by atoms with E-state index in [1.807, 2.05) is 0 Å². The van der Waals surface area contributed by atoms with Crippen molar-refractivity contribution in [3.63, 3.8) is 0 Å². The van der Waals surface area contributed by atoms with Gasteiger partial charge in [-0.1, -0.05) is 13.5 Å². The van der Waals surface area contributed by atoms with Gasteiger partial charge in [-0.25, -0.2) is 9.59 Å². The van der Waals surface area contributed by atoms with Gasteiger partial charge in [-0.05, 0) is 19.9 Å². The van der Waals surface area contributed by atoms with Crippen molar-refractivity contribution in [1.82, 2.24) is 4.90 Å². The van der Waals surface area contributed by atoms with E-state index in [-0.39, 0.29) is 39.7 Å². The quantitative estimate of drug-likeness (QED) is 0.0860. The first-order chi connectivity index (χ1) is 22.8. The van der Waals surface area contributed by atoms with Gasteiger partial charge in [-0.2, -0.15) is 21.4 Å². The van der Waals surface area contributed by atoms with Crippen LogP contribution in [0.4, 0.5) is 0 Å². The van der Waals surface area contributed by atoms with E-state index in [1.165, 1.54) is 65.5 Å². The Labute approximate surface area is 326 Å². The molecular weight excluding hydrogens is 754 g/mol. The summed E-state index contributed by atoms with van der Waals surface area (Å²) in [5, 5.41) is 57.4. The second kappa shape index (κ2) is 26.7. The van der Waals surface area contributed by atoms with Gasteiger partial charge in [0.05, 0.1) is 32.0 Å². The second-order valence-corrected chi connectivity index (χ2v) is 12.0. The van der Waals surface area contributed by atoms with Crippen molar-refractivity contribution in [2.24, 2.45) is 0 Å². The number of ether oxygens (including phenoxy) is 4. The molecule has 2 fully saturated rings. The van der Waals surface area contributed by atoms with Crippen molar-refractivity contribution in [3.8, 4) is 0 Å². The van der Waals surface area contributed by atoms with Gasteiger partial charge < -0.3 is 54.5 Å². The minimum absolute atomic E-state index is 0. The minimum atomic E-state index is -2.95. The molecule has 0 aliphatic carbocycles. The van der Waals surface area contributed by atoms with Crippen LogP contribution in [-0.2, 0) is 42.3 Å². The van der Waals surface area contributed by atoms with Gasteiger partial charge in [0.15, 0.2) is 24.7 Å². The number of carbonyl (C=O) groups excluding carboxylic acids is 2. The molecule has 18 nitrogen and oxygen atoms in total. The molecule has 1 aromatic rings. The molecule has 8 atom stereocenters. The van der Waals surface area contributed by atoms with Crippen molar-refractivity contribution in [1.29, 1.82) is 0 Å². The Morgan fingerprint density at radius 3 is 1.90 bits per heavy atom. The van der Waals surface area contributed by atoms with Crippen molar-refractivity contribution in [2.75, 3.05) is 26.4 Å². The second-order valence-electron chi connectivity index (χ2n) is 9.54. The Balaban J connectivity index is 0. The van der Waals surface area contributed by atoms with E-state index in [2.05, 4.69) is 0 Å². The molecule has 0 amide bonds. The van der Waals surface area contributed by atoms with E-state index < -0.39 is 86.2 Å². The predicted octanol–water partition coefficient (Wildman–Crippen LogP) is -3.19. The topological polar surface area (TPSA) is 268 Å². The number of rotatable bonds is 8. The average Bonchev–Trinajstić information content (AvgIpc) is 3.55. The maximum absolute atomic E-state index is 11.7. The van der Waals surface area contributed by atoms with E-state index in [0.29, 0.717) is 17.6 Å². The zero-order chi connectivity index (χ0) is 36.6. The Bertz CT molecular complexity index is 1470. The fraction of sp³-hybridized carbons (Fsp3) is 0.593. The Morgan fingerprint density at radius 2 is 1.42 bits per heavy atom. The summed E-state index contributed by atoms with van der Waals surface area (Å²) in [7, 11) is -5.90. The molecule has 1 aromatic heterocycles. The van der Waals surface area contributed by atoms with E-state index in [1.54, 1.807) is 44.5 Å². The zero-order valence-electron chi connectivity index (χ0n) is 27.1. The summed E-state index contributed by atoms with van der Waals surface area (Å²) in [6, 6.07) is 3.19. The van der Waals surface area contributed by atoms with Gasteiger partial charge in [0.1, 0.15) is 36.1 Å². The van der Waals surface area contributed by atoms with Crippen LogP contribution >= 0.6 is 12.4 Å². The van der Waals surface area contributed by atoms with E-state index in [0.717, 1.165) is 0 Å². The number of nitrogens with zero attached hydrogens (tertiary/aromatic N) is 2. The van der Waals surface area contributed by atoms with Crippen LogP contribution in [0.5, 0.6) is 0 Å². The summed E-state index contributed by atoms with van der Waals surface area (Å²) in [5.74, 6) is -0.901. The molecule has 0 saturated carbocycles. The molecule has 2 saturated heterocycles. The Morgan fingerprint density at radius 1 is 0.900 bits per heavy atom. The maximum atomic E-state index is 11.7. The molecular formula is C27H42ClN2Na2O16S2+. The molecule has 0 bridgehead atoms. The van der Waals surface area contributed by atoms with Crippen LogP contribution in [0.2, 0.25) is 0 Å². The number of carbonyl (C=O) groups is 2. The van der Waals surface area contributed by atoms with Gasteiger partial charge in [0.25, 0.3) is 6.23 Å². The van der Waals surface area contributed by atoms with Crippen molar-refractivity contribution in [2.45, 2.75) is 76.8 Å². The number of aliphatic hydroxyl groups excluding tert-OH is 6. The fourth-order valence-electron chi connectivity index (χ4n) is 4.33. The number of hydrogen-bond acceptors (Lipinski definition) is 17. The number of pyridine rings is 1. The van der Waals surface area contributed by atoms with E-state index in [4.69, 9.17) is 46.0 Å². The summed E-state index contributed by atoms with van der Waals surface area (Å²) in [6.07, 6.45) is 0.319. The van der Waals surface area contributed by atoms with E-state index >= 15 is 0 Å². The van der Waals surface area contributed by atoms with Gasteiger partial charge in [-0.3, -0.25) is 0 Å². The third kappa shape index (κ3) is 15.1. The van der Waals surface area contributed by atoms with E-state index in [9.17, 15) is 30.0 Å². The molecule has 0 spiro atoms. The number of esters is 2. The molecule has 3 aliphatic rings. The summed E-state index contributed by atoms with van der Waals surface area (Å²) < 4.78 is 58.4. The first-order valence-electron chi connectivity index (χ1n) is 14.7. The number of allylic oxidation sites excluding steroid dienone is 1. The van der Waals surface area contributed by atoms with Gasteiger partial charge in [-0.15, -0.1) is 12.4 Å². The molecule has 3 aliphatic heterocycles. The normalized spacial score (nSPS) is 26.1. The van der Waals surface area contributed by atoms with Gasteiger partial charge >= 0.3 is 74.1 Å². The van der Waals surface area contributed by atoms with Crippen LogP contribution < -0.4 is 4.57 Å². The summed E-state index contributed by atoms with van der Waals surface area (Å²) in [5.41, 5.74) is 0.749. The molecule has 6 N–H and O–H groups in total. The molecule has 0 aromatic carbocycles. The third-order valence-electron chi connectivity index (χ3n) is 6.52. The standard InChI is InChI=1S/C13H19NO6.C13H18NO6.CH4.ClH.2Na.O4S2/c2*1-2-19-13(18)8-4-3-5-14(6-8)12-11(17)10(16)9(7-15)20-12;;;;;1-5(2)6(3)4/h3,5-6,9-12,15-17H,2,4,7H2,1H3;3-6,9-12,15-17H,2,7H2,1H3;1H4;1H;;;/q;+1;;;;;/t2*9-,10+,11?,12-;;;;;/m11...../s1. The Hall–Kier alpha value is -1.02. The van der Waals surface area contributed by atoms with Crippen LogP contribution in [0.1, 0.15) is 44.3 Å². The van der Waals surface area contributed by atoms with Crippen molar-refractivity contribution in [3.05, 3.63) is 54.1 Å². The molecule has 50 heavy (non-hydrogen) atoms. The number of aromatic nitrogens is 1. The zero-order valence-corrected chi connectivity index (χ0v) is 33.5. The average molecular weight is 796 g/mol. The first kappa shape index (κ1) is 51.1. The fourth-order valence-corrected chi connectivity index (χ4v) is 4.33. The molecule has 23 heteroatoms. The molecule has 2 unspecified atom stereocenters. The first-order valence-corrected chi connectivity index (χ1v) is 25.4. The van der Waals surface area contributed by atoms with Crippen LogP contribution in [0.15, 0.2) is 48.6 Å². The third-order valence-corrected chi connectivity index (χ3v) is 7.41. The Kier molecular flexibility index (Phi) is 27.3. The monoisotopic (exact) mass is 795 g/mol. The molecule has 4 rings (SSSR count).